The van der Waals surface area contributed by atoms with Gasteiger partial charge in [0.05, 0.1) is 5.56 Å². The van der Waals surface area contributed by atoms with Crippen LogP contribution in [0.2, 0.25) is 0 Å². The van der Waals surface area contributed by atoms with E-state index in [1.54, 1.807) is 6.07 Å². The molecule has 2 rings (SSSR count). The summed E-state index contributed by atoms with van der Waals surface area (Å²) < 4.78 is 37.7. The zero-order chi connectivity index (χ0) is 10.2. The molecule has 0 bridgehead atoms. The van der Waals surface area contributed by atoms with Crippen molar-refractivity contribution in [3.63, 3.8) is 0 Å². The summed E-state index contributed by atoms with van der Waals surface area (Å²) in [5.41, 5.74) is -0.0249. The highest BCUT2D eigenvalue weighted by atomic mass is 32.2. The summed E-state index contributed by atoms with van der Waals surface area (Å²) in [4.78, 5) is 0.742. The van der Waals surface area contributed by atoms with Crippen molar-refractivity contribution in [2.24, 2.45) is 0 Å². The van der Waals surface area contributed by atoms with Gasteiger partial charge in [-0.3, -0.25) is 0 Å². The van der Waals surface area contributed by atoms with E-state index in [2.05, 4.69) is 0 Å². The molecule has 0 saturated carbocycles. The molecule has 0 N–H and O–H groups in total. The van der Waals surface area contributed by atoms with Crippen molar-refractivity contribution in [2.75, 3.05) is 0 Å². The molecule has 1 radical (unpaired) electrons. The van der Waals surface area contributed by atoms with Crippen LogP contribution >= 0.6 is 11.8 Å². The van der Waals surface area contributed by atoms with Gasteiger partial charge in [0.25, 0.3) is 0 Å². The summed E-state index contributed by atoms with van der Waals surface area (Å²) in [6.07, 6.45) is -3.01. The van der Waals surface area contributed by atoms with Gasteiger partial charge in [0.2, 0.25) is 0 Å². The van der Waals surface area contributed by atoms with Crippen LogP contribution in [0.4, 0.5) is 13.2 Å². The van der Waals surface area contributed by atoms with Gasteiger partial charge in [-0.2, -0.15) is 13.2 Å². The molecule has 4 heteroatoms. The standard InChI is InChI=1S/C10H8F3S/c11-10(12,13)8-4-1-5-9-7(8)3-2-6-14-9/h1,4-6H,2-3H2. The van der Waals surface area contributed by atoms with Gasteiger partial charge in [0.1, 0.15) is 0 Å². The van der Waals surface area contributed by atoms with E-state index in [0.717, 1.165) is 11.0 Å². The number of thioether (sulfide) groups is 1. The largest absolute Gasteiger partial charge is 0.416 e. The molecule has 0 atom stereocenters. The Kier molecular flexibility index (Phi) is 2.47. The van der Waals surface area contributed by atoms with Crippen LogP contribution in [0, 0.1) is 5.75 Å². The van der Waals surface area contributed by atoms with Crippen LogP contribution in [-0.2, 0) is 12.6 Å². The normalized spacial score (nSPS) is 16.5. The smallest absolute Gasteiger partial charge is 0.166 e. The molecule has 1 aliphatic rings. The van der Waals surface area contributed by atoms with Crippen molar-refractivity contribution in [3.05, 3.63) is 35.1 Å². The summed E-state index contributed by atoms with van der Waals surface area (Å²) in [5.74, 6) is 1.95. The Morgan fingerprint density at radius 1 is 1.21 bits per heavy atom. The molecule has 0 unspecified atom stereocenters. The highest BCUT2D eigenvalue weighted by molar-refractivity contribution is 8.01. The molecule has 1 aromatic carbocycles. The first-order valence-electron chi connectivity index (χ1n) is 4.26. The molecule has 1 aromatic rings. The Balaban J connectivity index is 2.51. The highest BCUT2D eigenvalue weighted by Crippen LogP contribution is 2.40. The fourth-order valence-electron chi connectivity index (χ4n) is 1.55. The van der Waals surface area contributed by atoms with Crippen LogP contribution in [-0.4, -0.2) is 0 Å². The maximum Gasteiger partial charge on any atom is 0.416 e. The number of hydrogen-bond acceptors (Lipinski definition) is 1. The first-order valence-corrected chi connectivity index (χ1v) is 5.14. The van der Waals surface area contributed by atoms with Crippen LogP contribution in [0.3, 0.4) is 0 Å². The second-order valence-electron chi connectivity index (χ2n) is 3.10. The Morgan fingerprint density at radius 3 is 2.71 bits per heavy atom. The first kappa shape index (κ1) is 9.90. The maximum absolute atomic E-state index is 12.6. The molecule has 75 valence electrons. The molecule has 0 aromatic heterocycles. The molecule has 0 fully saturated rings. The topological polar surface area (TPSA) is 0 Å². The number of hydrogen-bond donors (Lipinski definition) is 0. The van der Waals surface area contributed by atoms with Gasteiger partial charge >= 0.3 is 6.18 Å². The third-order valence-corrected chi connectivity index (χ3v) is 3.20. The van der Waals surface area contributed by atoms with Crippen molar-refractivity contribution in [1.29, 1.82) is 0 Å². The summed E-state index contributed by atoms with van der Waals surface area (Å²) in [6.45, 7) is 0. The number of fused-ring (bicyclic) bond motifs is 1. The monoisotopic (exact) mass is 217 g/mol. The van der Waals surface area contributed by atoms with Gasteiger partial charge in [-0.25, -0.2) is 0 Å². The molecular weight excluding hydrogens is 209 g/mol. The average Bonchev–Trinajstić information content (AvgIpc) is 2.15. The van der Waals surface area contributed by atoms with Crippen LogP contribution in [0.1, 0.15) is 17.5 Å². The Bertz CT molecular complexity index is 344. The van der Waals surface area contributed by atoms with Crippen LogP contribution in [0.5, 0.6) is 0 Å². The quantitative estimate of drug-likeness (QED) is 0.635. The van der Waals surface area contributed by atoms with E-state index in [9.17, 15) is 13.2 Å². The Hall–Kier alpha value is -0.640. The minimum absolute atomic E-state index is 0.451. The molecule has 0 aliphatic carbocycles. The third kappa shape index (κ3) is 1.75. The van der Waals surface area contributed by atoms with Crippen LogP contribution < -0.4 is 0 Å². The summed E-state index contributed by atoms with van der Waals surface area (Å²) >= 11 is 1.39. The molecule has 0 spiro atoms. The van der Waals surface area contributed by atoms with Gasteiger partial charge in [-0.05, 0) is 30.5 Å². The number of alkyl halides is 3. The van der Waals surface area contributed by atoms with E-state index in [1.165, 1.54) is 17.8 Å². The molecule has 14 heavy (non-hydrogen) atoms. The fourth-order valence-corrected chi connectivity index (χ4v) is 2.48. The minimum Gasteiger partial charge on any atom is -0.166 e. The molecule has 1 heterocycles. The lowest BCUT2D eigenvalue weighted by molar-refractivity contribution is -0.138. The van der Waals surface area contributed by atoms with E-state index in [4.69, 9.17) is 0 Å². The van der Waals surface area contributed by atoms with E-state index < -0.39 is 11.7 Å². The lowest BCUT2D eigenvalue weighted by Crippen LogP contribution is -2.11. The minimum atomic E-state index is -4.22. The molecule has 1 aliphatic heterocycles. The maximum atomic E-state index is 12.6. The molecule has 0 nitrogen and oxygen atoms in total. The van der Waals surface area contributed by atoms with Gasteiger partial charge in [-0.1, -0.05) is 6.07 Å². The first-order chi connectivity index (χ1) is 6.59. The van der Waals surface area contributed by atoms with Gasteiger partial charge in [-0.15, -0.1) is 11.8 Å². The zero-order valence-electron chi connectivity index (χ0n) is 7.27. The van der Waals surface area contributed by atoms with Crippen LogP contribution in [0.25, 0.3) is 0 Å². The number of halogens is 3. The van der Waals surface area contributed by atoms with Crippen molar-refractivity contribution in [1.82, 2.24) is 0 Å². The van der Waals surface area contributed by atoms with E-state index in [1.807, 2.05) is 5.75 Å². The van der Waals surface area contributed by atoms with Crippen molar-refractivity contribution in [3.8, 4) is 0 Å². The van der Waals surface area contributed by atoms with E-state index >= 15 is 0 Å². The Labute approximate surface area is 84.5 Å². The fraction of sp³-hybridized carbons (Fsp3) is 0.300. The van der Waals surface area contributed by atoms with Gasteiger partial charge in [0.15, 0.2) is 0 Å². The predicted octanol–water partition coefficient (Wildman–Crippen LogP) is 3.91. The molecular formula is C10H8F3S. The molecule has 0 amide bonds. The number of benzene rings is 1. The molecule has 0 saturated heterocycles. The van der Waals surface area contributed by atoms with E-state index in [0.29, 0.717) is 18.4 Å². The highest BCUT2D eigenvalue weighted by Gasteiger charge is 2.34. The lowest BCUT2D eigenvalue weighted by Gasteiger charge is -2.19. The van der Waals surface area contributed by atoms with Crippen molar-refractivity contribution >= 4 is 11.8 Å². The van der Waals surface area contributed by atoms with Crippen LogP contribution in [0.15, 0.2) is 23.1 Å². The predicted molar refractivity (Wildman–Crippen MR) is 49.9 cm³/mol. The summed E-state index contributed by atoms with van der Waals surface area (Å²) in [5, 5.41) is 0. The second kappa shape index (κ2) is 3.50. The zero-order valence-corrected chi connectivity index (χ0v) is 8.08. The average molecular weight is 217 g/mol. The van der Waals surface area contributed by atoms with Crippen molar-refractivity contribution < 1.29 is 13.2 Å². The van der Waals surface area contributed by atoms with Gasteiger partial charge in [0, 0.05) is 10.6 Å². The van der Waals surface area contributed by atoms with Crippen molar-refractivity contribution in [2.45, 2.75) is 23.9 Å². The third-order valence-electron chi connectivity index (χ3n) is 2.16. The Morgan fingerprint density at radius 2 is 2.00 bits per heavy atom. The second-order valence-corrected chi connectivity index (χ2v) is 4.11. The van der Waals surface area contributed by atoms with E-state index in [-0.39, 0.29) is 0 Å². The summed E-state index contributed by atoms with van der Waals surface area (Å²) in [7, 11) is 0. The van der Waals surface area contributed by atoms with Gasteiger partial charge < -0.3 is 0 Å². The SMILES string of the molecule is FC(F)(F)c1cccc2c1CC[CH]S2. The summed E-state index contributed by atoms with van der Waals surface area (Å²) in [6, 6.07) is 4.36. The lowest BCUT2D eigenvalue weighted by atomic mass is 10.0. The number of rotatable bonds is 0.